The molecule has 0 saturated carbocycles. The molecule has 0 bridgehead atoms. The second-order valence-corrected chi connectivity index (χ2v) is 8.43. The van der Waals surface area contributed by atoms with Crippen molar-refractivity contribution in [2.45, 2.75) is 12.4 Å². The van der Waals surface area contributed by atoms with Crippen LogP contribution in [0.15, 0.2) is 69.9 Å². The third-order valence-electron chi connectivity index (χ3n) is 5.11. The number of aromatic nitrogens is 2. The van der Waals surface area contributed by atoms with E-state index in [1.54, 1.807) is 12.1 Å². The second kappa shape index (κ2) is 9.49. The van der Waals surface area contributed by atoms with Crippen molar-refractivity contribution < 1.29 is 35.8 Å². The Kier molecular flexibility index (Phi) is 6.74. The van der Waals surface area contributed by atoms with Gasteiger partial charge in [-0.05, 0) is 54.1 Å². The molecule has 2 heterocycles. The third kappa shape index (κ3) is 5.18. The molecule has 0 aliphatic carbocycles. The molecule has 36 heavy (non-hydrogen) atoms. The predicted molar refractivity (Wildman–Crippen MR) is 124 cm³/mol. The van der Waals surface area contributed by atoms with Crippen molar-refractivity contribution in [1.82, 2.24) is 9.55 Å². The Morgan fingerprint density at radius 3 is 2.11 bits per heavy atom. The number of benzene rings is 2. The molecular formula is C24H15BrF6N2O3. The lowest BCUT2D eigenvalue weighted by atomic mass is 10.0. The average molecular weight is 573 g/mol. The van der Waals surface area contributed by atoms with E-state index in [0.717, 1.165) is 10.6 Å². The minimum Gasteiger partial charge on any atom is -0.497 e. The van der Waals surface area contributed by atoms with Gasteiger partial charge in [-0.25, -0.2) is 4.98 Å². The highest BCUT2D eigenvalue weighted by Crippen LogP contribution is 2.38. The van der Waals surface area contributed by atoms with E-state index < -0.39 is 41.6 Å². The van der Waals surface area contributed by atoms with Gasteiger partial charge in [-0.3, -0.25) is 9.36 Å². The molecular weight excluding hydrogens is 558 g/mol. The van der Waals surface area contributed by atoms with Gasteiger partial charge < -0.3 is 9.47 Å². The molecule has 0 atom stereocenters. The first-order valence-electron chi connectivity index (χ1n) is 10.2. The first kappa shape index (κ1) is 25.5. The molecule has 4 aromatic rings. The standard InChI is InChI=1S/C24H15BrF6N2O3/c1-35-16-8-2-13(3-9-16)19-20(36-12-23(26,27)28)17-10-11-18(24(29,30)31)32-21(17)33(22(19)34)15-6-4-14(25)5-7-15/h2-11H,12H2,1H3. The maximum atomic E-state index is 13.8. The van der Waals surface area contributed by atoms with E-state index in [-0.39, 0.29) is 22.2 Å². The van der Waals surface area contributed by atoms with Crippen LogP contribution in [-0.2, 0) is 6.18 Å². The van der Waals surface area contributed by atoms with Crippen LogP contribution in [0, 0.1) is 0 Å². The van der Waals surface area contributed by atoms with E-state index >= 15 is 0 Å². The summed E-state index contributed by atoms with van der Waals surface area (Å²) in [4.78, 5) is 17.4. The normalized spacial score (nSPS) is 12.1. The van der Waals surface area contributed by atoms with Crippen LogP contribution in [0.2, 0.25) is 0 Å². The van der Waals surface area contributed by atoms with Gasteiger partial charge >= 0.3 is 12.4 Å². The molecule has 188 valence electrons. The van der Waals surface area contributed by atoms with Crippen molar-refractivity contribution in [2.24, 2.45) is 0 Å². The number of rotatable bonds is 5. The zero-order valence-corrected chi connectivity index (χ0v) is 19.8. The number of pyridine rings is 2. The summed E-state index contributed by atoms with van der Waals surface area (Å²) in [5.41, 5.74) is -2.70. The molecule has 0 aliphatic rings. The molecule has 0 saturated heterocycles. The molecule has 4 rings (SSSR count). The van der Waals surface area contributed by atoms with E-state index in [0.29, 0.717) is 16.3 Å². The monoisotopic (exact) mass is 572 g/mol. The summed E-state index contributed by atoms with van der Waals surface area (Å²) >= 11 is 3.25. The summed E-state index contributed by atoms with van der Waals surface area (Å²) in [5.74, 6) is -0.117. The topological polar surface area (TPSA) is 53.4 Å². The summed E-state index contributed by atoms with van der Waals surface area (Å²) in [6.45, 7) is -1.77. The number of alkyl halides is 6. The molecule has 0 fully saturated rings. The predicted octanol–water partition coefficient (Wildman–Crippen LogP) is 6.78. The SMILES string of the molecule is COc1ccc(-c2c(OCC(F)(F)F)c3ccc(C(F)(F)F)nc3n(-c3ccc(Br)cc3)c2=O)cc1. The van der Waals surface area contributed by atoms with Gasteiger partial charge in [-0.2, -0.15) is 26.3 Å². The van der Waals surface area contributed by atoms with Gasteiger partial charge in [-0.1, -0.05) is 28.1 Å². The quantitative estimate of drug-likeness (QED) is 0.247. The molecule has 12 heteroatoms. The van der Waals surface area contributed by atoms with Gasteiger partial charge in [0.05, 0.1) is 23.7 Å². The van der Waals surface area contributed by atoms with E-state index in [1.165, 1.54) is 43.5 Å². The number of hydrogen-bond donors (Lipinski definition) is 0. The highest BCUT2D eigenvalue weighted by molar-refractivity contribution is 9.10. The Morgan fingerprint density at radius 2 is 1.56 bits per heavy atom. The summed E-state index contributed by atoms with van der Waals surface area (Å²) in [5, 5.41) is -0.208. The van der Waals surface area contributed by atoms with Gasteiger partial charge in [0.25, 0.3) is 5.56 Å². The maximum Gasteiger partial charge on any atom is 0.433 e. The average Bonchev–Trinajstić information content (AvgIpc) is 2.82. The van der Waals surface area contributed by atoms with Crippen molar-refractivity contribution in [3.63, 3.8) is 0 Å². The molecule has 0 spiro atoms. The van der Waals surface area contributed by atoms with Crippen LogP contribution in [0.3, 0.4) is 0 Å². The van der Waals surface area contributed by atoms with E-state index in [4.69, 9.17) is 9.47 Å². The summed E-state index contributed by atoms with van der Waals surface area (Å²) < 4.78 is 91.4. The number of ether oxygens (including phenoxy) is 2. The maximum absolute atomic E-state index is 13.8. The zero-order valence-electron chi connectivity index (χ0n) is 18.2. The fourth-order valence-electron chi connectivity index (χ4n) is 3.54. The van der Waals surface area contributed by atoms with Crippen LogP contribution in [0.5, 0.6) is 11.5 Å². The first-order valence-corrected chi connectivity index (χ1v) is 11.0. The minimum atomic E-state index is -4.86. The molecule has 0 radical (unpaired) electrons. The largest absolute Gasteiger partial charge is 0.497 e. The summed E-state index contributed by atoms with van der Waals surface area (Å²) in [6.07, 6.45) is -9.64. The third-order valence-corrected chi connectivity index (χ3v) is 5.64. The minimum absolute atomic E-state index is 0.150. The number of halogens is 7. The highest BCUT2D eigenvalue weighted by atomic mass is 79.9. The van der Waals surface area contributed by atoms with Gasteiger partial charge in [0, 0.05) is 4.47 Å². The van der Waals surface area contributed by atoms with Gasteiger partial charge in [-0.15, -0.1) is 0 Å². The number of nitrogens with zero attached hydrogens (tertiary/aromatic N) is 2. The lowest BCUT2D eigenvalue weighted by molar-refractivity contribution is -0.153. The lowest BCUT2D eigenvalue weighted by Gasteiger charge is -2.20. The Hall–Kier alpha value is -3.54. The van der Waals surface area contributed by atoms with E-state index in [2.05, 4.69) is 20.9 Å². The van der Waals surface area contributed by atoms with Crippen molar-refractivity contribution in [3.05, 3.63) is 81.2 Å². The Balaban J connectivity index is 2.13. The lowest BCUT2D eigenvalue weighted by Crippen LogP contribution is -2.26. The Labute approximate surface area is 208 Å². The van der Waals surface area contributed by atoms with Crippen molar-refractivity contribution in [3.8, 4) is 28.3 Å². The smallest absolute Gasteiger partial charge is 0.433 e. The van der Waals surface area contributed by atoms with Gasteiger partial charge in [0.15, 0.2) is 12.3 Å². The van der Waals surface area contributed by atoms with Crippen LogP contribution in [0.4, 0.5) is 26.3 Å². The summed E-state index contributed by atoms with van der Waals surface area (Å²) in [6, 6.07) is 13.4. The molecule has 5 nitrogen and oxygen atoms in total. The van der Waals surface area contributed by atoms with Crippen molar-refractivity contribution >= 4 is 27.0 Å². The van der Waals surface area contributed by atoms with Gasteiger partial charge in [0.2, 0.25) is 0 Å². The molecule has 0 N–H and O–H groups in total. The number of fused-ring (bicyclic) bond motifs is 1. The van der Waals surface area contributed by atoms with E-state index in [1.807, 2.05) is 0 Å². The number of hydrogen-bond acceptors (Lipinski definition) is 4. The van der Waals surface area contributed by atoms with Crippen LogP contribution in [0.25, 0.3) is 27.8 Å². The number of methoxy groups -OCH3 is 1. The van der Waals surface area contributed by atoms with Gasteiger partial charge in [0.1, 0.15) is 17.2 Å². The first-order chi connectivity index (χ1) is 16.9. The highest BCUT2D eigenvalue weighted by Gasteiger charge is 2.35. The van der Waals surface area contributed by atoms with Crippen LogP contribution in [0.1, 0.15) is 5.69 Å². The fraction of sp³-hybridized carbons (Fsp3) is 0.167. The van der Waals surface area contributed by atoms with Crippen LogP contribution in [-0.4, -0.2) is 29.4 Å². The van der Waals surface area contributed by atoms with Crippen molar-refractivity contribution in [1.29, 1.82) is 0 Å². The van der Waals surface area contributed by atoms with Crippen LogP contribution < -0.4 is 15.0 Å². The molecule has 0 amide bonds. The fourth-order valence-corrected chi connectivity index (χ4v) is 3.80. The zero-order chi connectivity index (χ0) is 26.3. The van der Waals surface area contributed by atoms with E-state index in [9.17, 15) is 31.1 Å². The molecule has 2 aromatic carbocycles. The van der Waals surface area contributed by atoms with Crippen molar-refractivity contribution in [2.75, 3.05) is 13.7 Å². The Bertz CT molecular complexity index is 1460. The second-order valence-electron chi connectivity index (χ2n) is 7.52. The summed E-state index contributed by atoms with van der Waals surface area (Å²) in [7, 11) is 1.41. The molecule has 2 aromatic heterocycles. The Morgan fingerprint density at radius 1 is 0.917 bits per heavy atom. The molecule has 0 aliphatic heterocycles. The molecule has 0 unspecified atom stereocenters. The van der Waals surface area contributed by atoms with Crippen LogP contribution >= 0.6 is 15.9 Å².